The van der Waals surface area contributed by atoms with Crippen molar-refractivity contribution in [2.45, 2.75) is 39.2 Å². The Morgan fingerprint density at radius 1 is 1.40 bits per heavy atom. The first-order valence-electron chi connectivity index (χ1n) is 6.79. The molecule has 0 spiro atoms. The van der Waals surface area contributed by atoms with Gasteiger partial charge in [-0.1, -0.05) is 24.6 Å². The molecular formula is C15H20N2O3. The number of hydrogen-bond acceptors (Lipinski definition) is 5. The van der Waals surface area contributed by atoms with E-state index in [4.69, 9.17) is 9.26 Å². The fraction of sp³-hybridized carbons (Fsp3) is 0.467. The number of benzene rings is 1. The molecule has 20 heavy (non-hydrogen) atoms. The lowest BCUT2D eigenvalue weighted by Gasteiger charge is -2.05. The number of aliphatic hydroxyl groups is 1. The zero-order valence-corrected chi connectivity index (χ0v) is 12.1. The number of nitrogens with zero attached hydrogens (tertiary/aromatic N) is 2. The third-order valence-electron chi connectivity index (χ3n) is 3.10. The van der Waals surface area contributed by atoms with Gasteiger partial charge in [0.05, 0.1) is 25.2 Å². The minimum atomic E-state index is -0.437. The van der Waals surface area contributed by atoms with Gasteiger partial charge in [0.1, 0.15) is 5.75 Å². The summed E-state index contributed by atoms with van der Waals surface area (Å²) in [4.78, 5) is 4.32. The second kappa shape index (κ2) is 6.52. The second-order valence-electron chi connectivity index (χ2n) is 4.86. The minimum absolute atomic E-state index is 0.384. The van der Waals surface area contributed by atoms with Crippen molar-refractivity contribution in [3.63, 3.8) is 0 Å². The number of aromatic nitrogens is 2. The summed E-state index contributed by atoms with van der Waals surface area (Å²) < 4.78 is 10.5. The Hall–Kier alpha value is -1.88. The van der Waals surface area contributed by atoms with Crippen LogP contribution in [-0.4, -0.2) is 28.5 Å². The maximum atomic E-state index is 9.77. The smallest absolute Gasteiger partial charge is 0.229 e. The van der Waals surface area contributed by atoms with Gasteiger partial charge in [0.25, 0.3) is 0 Å². The molecule has 0 radical (unpaired) electrons. The molecule has 0 saturated carbocycles. The summed E-state index contributed by atoms with van der Waals surface area (Å²) >= 11 is 0. The molecule has 5 nitrogen and oxygen atoms in total. The summed E-state index contributed by atoms with van der Waals surface area (Å²) in [6.07, 6.45) is 1.60. The lowest BCUT2D eigenvalue weighted by molar-refractivity contribution is 0.152. The van der Waals surface area contributed by atoms with E-state index < -0.39 is 6.10 Å². The van der Waals surface area contributed by atoms with Crippen molar-refractivity contribution in [2.24, 2.45) is 0 Å². The fourth-order valence-electron chi connectivity index (χ4n) is 2.07. The van der Waals surface area contributed by atoms with Crippen molar-refractivity contribution in [1.29, 1.82) is 0 Å². The van der Waals surface area contributed by atoms with Crippen molar-refractivity contribution in [2.75, 3.05) is 7.11 Å². The van der Waals surface area contributed by atoms with Gasteiger partial charge in [0.15, 0.2) is 0 Å². The van der Waals surface area contributed by atoms with Crippen LogP contribution < -0.4 is 4.74 Å². The van der Waals surface area contributed by atoms with Gasteiger partial charge < -0.3 is 14.4 Å². The fourth-order valence-corrected chi connectivity index (χ4v) is 2.07. The van der Waals surface area contributed by atoms with E-state index >= 15 is 0 Å². The van der Waals surface area contributed by atoms with Crippen LogP contribution in [0.3, 0.4) is 0 Å². The molecule has 0 amide bonds. The number of hydrogen-bond donors (Lipinski definition) is 1. The first-order valence-corrected chi connectivity index (χ1v) is 6.79. The van der Waals surface area contributed by atoms with Crippen molar-refractivity contribution in [1.82, 2.24) is 10.1 Å². The summed E-state index contributed by atoms with van der Waals surface area (Å²) in [5.74, 6) is 1.65. The van der Waals surface area contributed by atoms with Crippen LogP contribution in [0.4, 0.5) is 0 Å². The average Bonchev–Trinajstić information content (AvgIpc) is 2.87. The molecule has 1 aromatic heterocycles. The molecule has 1 aromatic carbocycles. The Bertz CT molecular complexity index is 566. The number of rotatable bonds is 6. The van der Waals surface area contributed by atoms with E-state index in [1.807, 2.05) is 32.0 Å². The standard InChI is InChI=1S/C15H20N2O3/c1-4-5-11(18)9-14-16-15(17-20-14)12-7-6-10(2)8-13(12)19-3/h6-8,11,18H,4-5,9H2,1-3H3. The molecule has 1 unspecified atom stereocenters. The molecule has 2 aromatic rings. The molecule has 0 bridgehead atoms. The van der Waals surface area contributed by atoms with Crippen molar-refractivity contribution < 1.29 is 14.4 Å². The first kappa shape index (κ1) is 14.5. The first-order chi connectivity index (χ1) is 9.63. The van der Waals surface area contributed by atoms with Gasteiger partial charge >= 0.3 is 0 Å². The lowest BCUT2D eigenvalue weighted by Crippen LogP contribution is -2.09. The third kappa shape index (κ3) is 3.36. The molecule has 0 fully saturated rings. The largest absolute Gasteiger partial charge is 0.496 e. The molecular weight excluding hydrogens is 256 g/mol. The van der Waals surface area contributed by atoms with Crippen LogP contribution in [0, 0.1) is 6.92 Å². The van der Waals surface area contributed by atoms with Crippen LogP contribution in [0.15, 0.2) is 22.7 Å². The molecule has 2 rings (SSSR count). The van der Waals surface area contributed by atoms with Gasteiger partial charge in [0, 0.05) is 0 Å². The molecule has 0 aliphatic heterocycles. The van der Waals surface area contributed by atoms with Crippen LogP contribution in [0.5, 0.6) is 5.75 Å². The maximum Gasteiger partial charge on any atom is 0.229 e. The van der Waals surface area contributed by atoms with Crippen LogP contribution in [-0.2, 0) is 6.42 Å². The zero-order valence-electron chi connectivity index (χ0n) is 12.1. The van der Waals surface area contributed by atoms with Crippen molar-refractivity contribution in [3.05, 3.63) is 29.7 Å². The number of aliphatic hydroxyl groups excluding tert-OH is 1. The number of ether oxygens (including phenoxy) is 1. The third-order valence-corrected chi connectivity index (χ3v) is 3.10. The Morgan fingerprint density at radius 2 is 2.20 bits per heavy atom. The normalized spacial score (nSPS) is 12.4. The highest BCUT2D eigenvalue weighted by Crippen LogP contribution is 2.28. The van der Waals surface area contributed by atoms with Crippen LogP contribution in [0.25, 0.3) is 11.4 Å². The molecule has 1 heterocycles. The second-order valence-corrected chi connectivity index (χ2v) is 4.86. The molecule has 5 heteroatoms. The summed E-state index contributed by atoms with van der Waals surface area (Å²) in [5.41, 5.74) is 1.89. The van der Waals surface area contributed by atoms with Crippen molar-refractivity contribution >= 4 is 0 Å². The highest BCUT2D eigenvalue weighted by Gasteiger charge is 2.15. The van der Waals surface area contributed by atoms with Gasteiger partial charge in [-0.15, -0.1) is 0 Å². The quantitative estimate of drug-likeness (QED) is 0.878. The zero-order chi connectivity index (χ0) is 14.5. The van der Waals surface area contributed by atoms with E-state index in [-0.39, 0.29) is 0 Å². The van der Waals surface area contributed by atoms with Crippen LogP contribution >= 0.6 is 0 Å². The Balaban J connectivity index is 2.20. The highest BCUT2D eigenvalue weighted by molar-refractivity contribution is 5.64. The van der Waals surface area contributed by atoms with Gasteiger partial charge in [-0.2, -0.15) is 4.98 Å². The van der Waals surface area contributed by atoms with Crippen LogP contribution in [0.2, 0.25) is 0 Å². The highest BCUT2D eigenvalue weighted by atomic mass is 16.5. The van der Waals surface area contributed by atoms with E-state index in [2.05, 4.69) is 10.1 Å². The maximum absolute atomic E-state index is 9.77. The van der Waals surface area contributed by atoms with Gasteiger partial charge in [-0.3, -0.25) is 0 Å². The van der Waals surface area contributed by atoms with Gasteiger partial charge in [0.2, 0.25) is 11.7 Å². The molecule has 1 N–H and O–H groups in total. The van der Waals surface area contributed by atoms with E-state index in [1.54, 1.807) is 7.11 Å². The minimum Gasteiger partial charge on any atom is -0.496 e. The van der Waals surface area contributed by atoms with Gasteiger partial charge in [-0.05, 0) is 31.0 Å². The molecule has 0 aliphatic carbocycles. The van der Waals surface area contributed by atoms with E-state index in [0.29, 0.717) is 23.9 Å². The lowest BCUT2D eigenvalue weighted by atomic mass is 10.1. The van der Waals surface area contributed by atoms with E-state index in [9.17, 15) is 5.11 Å². The summed E-state index contributed by atoms with van der Waals surface area (Å²) in [7, 11) is 1.62. The van der Waals surface area contributed by atoms with E-state index in [1.165, 1.54) is 0 Å². The predicted molar refractivity (Wildman–Crippen MR) is 75.6 cm³/mol. The molecule has 0 saturated heterocycles. The summed E-state index contributed by atoms with van der Waals surface area (Å²) in [6, 6.07) is 5.81. The Kier molecular flexibility index (Phi) is 4.74. The number of methoxy groups -OCH3 is 1. The summed E-state index contributed by atoms with van der Waals surface area (Å²) in [6.45, 7) is 4.02. The SMILES string of the molecule is CCCC(O)Cc1nc(-c2ccc(C)cc2OC)no1. The molecule has 0 aliphatic rings. The molecule has 108 valence electrons. The Morgan fingerprint density at radius 3 is 2.90 bits per heavy atom. The average molecular weight is 276 g/mol. The summed E-state index contributed by atoms with van der Waals surface area (Å²) in [5, 5.41) is 13.7. The van der Waals surface area contributed by atoms with E-state index in [0.717, 1.165) is 24.0 Å². The van der Waals surface area contributed by atoms with Crippen molar-refractivity contribution in [3.8, 4) is 17.1 Å². The number of aryl methyl sites for hydroxylation is 1. The molecule has 1 atom stereocenters. The Labute approximate surface area is 118 Å². The monoisotopic (exact) mass is 276 g/mol. The predicted octanol–water partition coefficient (Wildman–Crippen LogP) is 2.76. The van der Waals surface area contributed by atoms with Crippen LogP contribution in [0.1, 0.15) is 31.2 Å². The van der Waals surface area contributed by atoms with Gasteiger partial charge in [-0.25, -0.2) is 0 Å². The topological polar surface area (TPSA) is 68.4 Å².